The second-order valence-corrected chi connectivity index (χ2v) is 27.5. The van der Waals surface area contributed by atoms with Gasteiger partial charge in [-0.25, -0.2) is 13.5 Å². The Bertz CT molecular complexity index is 4950. The number of aromatic nitrogens is 6. The lowest BCUT2D eigenvalue weighted by atomic mass is 9.78. The lowest BCUT2D eigenvalue weighted by Crippen LogP contribution is -2.32. The molecule has 7 heteroatoms. The molecule has 12 aromatic rings. The minimum atomic E-state index is -0.206. The van der Waals surface area contributed by atoms with Crippen molar-refractivity contribution in [2.24, 2.45) is 21.1 Å². The molecule has 0 saturated heterocycles. The summed E-state index contributed by atoms with van der Waals surface area (Å²) in [7, 11) is 6.44. The van der Waals surface area contributed by atoms with Crippen LogP contribution in [0.25, 0.3) is 100 Å². The molecule has 2 saturated carbocycles. The molecule has 6 aromatic carbocycles. The molecule has 0 amide bonds. The molecule has 0 bridgehead atoms. The summed E-state index contributed by atoms with van der Waals surface area (Å²) in [5, 5.41) is 1.26. The van der Waals surface area contributed by atoms with Crippen molar-refractivity contribution in [3.8, 4) is 89.4 Å². The highest BCUT2D eigenvalue weighted by molar-refractivity contribution is 5.87. The molecule has 2 spiro atoms. The number of hydrogen-bond acceptors (Lipinski definition) is 3. The van der Waals surface area contributed by atoms with Crippen LogP contribution in [0, 0.1) is 40.4 Å². The third kappa shape index (κ3) is 9.47. The number of halogens is 1. The van der Waals surface area contributed by atoms with E-state index in [0.29, 0.717) is 0 Å². The van der Waals surface area contributed by atoms with Crippen LogP contribution in [0.3, 0.4) is 0 Å². The van der Waals surface area contributed by atoms with Crippen molar-refractivity contribution in [2.75, 3.05) is 0 Å². The van der Waals surface area contributed by atoms with E-state index in [1.54, 1.807) is 0 Å². The normalized spacial score (nSPS) is 15.2. The average molecular weight is 1200 g/mol. The number of pyridine rings is 6. The first-order chi connectivity index (χ1) is 44.5. The predicted octanol–water partition coefficient (Wildman–Crippen LogP) is 18.9. The molecule has 0 radical (unpaired) electrons. The van der Waals surface area contributed by atoms with Gasteiger partial charge in [0, 0.05) is 109 Å². The van der Waals surface area contributed by atoms with E-state index in [4.69, 9.17) is 15.0 Å². The SMILES string of the molecule is Cc1cc(-c2cc3c(cc2C)-c2cccnc2C32CCCC2)[n+](C)cc1-c1ccc(F)cc1.Cc1cc(-c2cc3c(cc2C)-c2cccnc2C32CCCC2)[n+](C)cc1-c1ccccc1.Cc1cc2c(cc1-c1ccc3ccccc3[n+]1C)C(C)(C)c1ncccc1-2. The minimum absolute atomic E-state index is 0.0655. The Kier molecular flexibility index (Phi) is 14.5. The van der Waals surface area contributed by atoms with Gasteiger partial charge in [0.2, 0.25) is 22.6 Å². The van der Waals surface area contributed by atoms with Gasteiger partial charge in [0.05, 0.1) is 17.1 Å². The highest BCUT2D eigenvalue weighted by Crippen LogP contribution is 2.59. The number of hydrogen-bond donors (Lipinski definition) is 0. The molecule has 0 aliphatic heterocycles. The molecular formula is C85H80FN6+3. The average Bonchev–Trinajstić information content (AvgIpc) is 1.58. The number of aryl methyl sites for hydroxylation is 8. The zero-order valence-electron chi connectivity index (χ0n) is 54.8. The van der Waals surface area contributed by atoms with Gasteiger partial charge in [-0.2, -0.15) is 4.57 Å². The fraction of sp³-hybridized carbons (Fsp3) is 0.247. The van der Waals surface area contributed by atoms with Crippen LogP contribution in [0.15, 0.2) is 207 Å². The van der Waals surface area contributed by atoms with Crippen LogP contribution in [-0.2, 0) is 37.4 Å². The van der Waals surface area contributed by atoms with Crippen LogP contribution in [0.1, 0.15) is 127 Å². The lowest BCUT2D eigenvalue weighted by molar-refractivity contribution is -0.660. The molecule has 0 unspecified atom stereocenters. The Morgan fingerprint density at radius 2 is 0.772 bits per heavy atom. The zero-order valence-corrected chi connectivity index (χ0v) is 54.8. The summed E-state index contributed by atoms with van der Waals surface area (Å²) in [5.74, 6) is -0.206. The third-order valence-electron chi connectivity index (χ3n) is 21.6. The summed E-state index contributed by atoms with van der Waals surface area (Å²) >= 11 is 0. The maximum absolute atomic E-state index is 13.4. The summed E-state index contributed by atoms with van der Waals surface area (Å²) in [6, 6.07) is 62.5. The highest BCUT2D eigenvalue weighted by Gasteiger charge is 2.48. The number of nitrogens with zero attached hydrogens (tertiary/aromatic N) is 6. The van der Waals surface area contributed by atoms with E-state index >= 15 is 0 Å². The number of fused-ring (bicyclic) bond motifs is 14. The Morgan fingerprint density at radius 3 is 1.28 bits per heavy atom. The van der Waals surface area contributed by atoms with Gasteiger partial charge in [-0.3, -0.25) is 15.0 Å². The van der Waals surface area contributed by atoms with Crippen molar-refractivity contribution in [2.45, 2.75) is 116 Å². The van der Waals surface area contributed by atoms with Gasteiger partial charge in [0.25, 0.3) is 0 Å². The van der Waals surface area contributed by atoms with Crippen LogP contribution in [0.2, 0.25) is 0 Å². The third-order valence-corrected chi connectivity index (χ3v) is 21.6. The summed E-state index contributed by atoms with van der Waals surface area (Å²) < 4.78 is 20.2. The zero-order chi connectivity index (χ0) is 63.4. The van der Waals surface area contributed by atoms with Gasteiger partial charge in [0.15, 0.2) is 12.4 Å². The Morgan fingerprint density at radius 1 is 0.359 bits per heavy atom. The van der Waals surface area contributed by atoms with E-state index < -0.39 is 0 Å². The van der Waals surface area contributed by atoms with Gasteiger partial charge in [-0.05, 0) is 193 Å². The largest absolute Gasteiger partial charge is 0.260 e. The first-order valence-electron chi connectivity index (χ1n) is 33.1. The molecule has 92 heavy (non-hydrogen) atoms. The highest BCUT2D eigenvalue weighted by atomic mass is 19.1. The van der Waals surface area contributed by atoms with Crippen molar-refractivity contribution < 1.29 is 18.1 Å². The number of benzene rings is 6. The summed E-state index contributed by atoms with van der Waals surface area (Å²) in [6.45, 7) is 15.6. The molecule has 17 rings (SSSR count). The molecule has 6 nitrogen and oxygen atoms in total. The molecule has 454 valence electrons. The maximum Gasteiger partial charge on any atom is 0.213 e. The Balaban J connectivity index is 0.000000115. The first-order valence-corrected chi connectivity index (χ1v) is 33.1. The quantitative estimate of drug-likeness (QED) is 0.161. The topological polar surface area (TPSA) is 50.3 Å². The molecule has 6 aromatic heterocycles. The van der Waals surface area contributed by atoms with E-state index in [9.17, 15) is 4.39 Å². The molecule has 0 atom stereocenters. The molecular weight excluding hydrogens is 1120 g/mol. The number of para-hydroxylation sites is 1. The van der Waals surface area contributed by atoms with Crippen molar-refractivity contribution in [3.63, 3.8) is 0 Å². The summed E-state index contributed by atoms with van der Waals surface area (Å²) in [6.07, 6.45) is 20.2. The van der Waals surface area contributed by atoms with E-state index in [2.05, 4.69) is 241 Å². The summed E-state index contributed by atoms with van der Waals surface area (Å²) in [4.78, 5) is 14.5. The van der Waals surface area contributed by atoms with E-state index in [0.717, 1.165) is 11.1 Å². The maximum atomic E-state index is 13.4. The van der Waals surface area contributed by atoms with E-state index in [1.165, 1.54) is 214 Å². The molecule has 5 aliphatic carbocycles. The predicted molar refractivity (Wildman–Crippen MR) is 372 cm³/mol. The number of rotatable bonds is 5. The second kappa shape index (κ2) is 22.7. The fourth-order valence-electron chi connectivity index (χ4n) is 16.9. The van der Waals surface area contributed by atoms with E-state index in [-0.39, 0.29) is 22.1 Å². The van der Waals surface area contributed by atoms with Crippen molar-refractivity contribution in [3.05, 3.63) is 274 Å². The lowest BCUT2D eigenvalue weighted by Gasteiger charge is -2.25. The van der Waals surface area contributed by atoms with Crippen LogP contribution < -0.4 is 13.7 Å². The summed E-state index contributed by atoms with van der Waals surface area (Å²) in [5.41, 5.74) is 36.2. The van der Waals surface area contributed by atoms with Crippen molar-refractivity contribution >= 4 is 10.9 Å². The van der Waals surface area contributed by atoms with Crippen LogP contribution in [0.5, 0.6) is 0 Å². The van der Waals surface area contributed by atoms with Crippen molar-refractivity contribution in [1.82, 2.24) is 15.0 Å². The first kappa shape index (κ1) is 58.8. The van der Waals surface area contributed by atoms with Gasteiger partial charge in [0.1, 0.15) is 27.0 Å². The van der Waals surface area contributed by atoms with Crippen LogP contribution in [0.4, 0.5) is 4.39 Å². The van der Waals surface area contributed by atoms with Crippen LogP contribution in [-0.4, -0.2) is 15.0 Å². The Hall–Kier alpha value is -9.59. The van der Waals surface area contributed by atoms with Gasteiger partial charge < -0.3 is 0 Å². The van der Waals surface area contributed by atoms with Gasteiger partial charge in [-0.1, -0.05) is 131 Å². The second-order valence-electron chi connectivity index (χ2n) is 27.5. The monoisotopic (exact) mass is 1200 g/mol. The van der Waals surface area contributed by atoms with Crippen LogP contribution >= 0.6 is 0 Å². The molecule has 0 N–H and O–H groups in total. The fourth-order valence-corrected chi connectivity index (χ4v) is 16.9. The minimum Gasteiger partial charge on any atom is -0.260 e. The van der Waals surface area contributed by atoms with Gasteiger partial charge >= 0.3 is 0 Å². The standard InChI is InChI=1S/C30H28FN2.C30H29N2.C25H23N2/c1-19-15-25-23-7-6-14-32-29(23)30(12-4-5-13-30)27(25)17-24(19)28-16-20(2)26(18-33(28)3)21-8-10-22(31)11-9-21;1-20-16-25-23-12-9-15-31-29(23)30(13-7-8-14-30)27(25)18-24(20)28-17-21(2)26(19-32(28)3)22-10-5-4-6-11-22;1-16-14-20-18-9-7-13-26-24(18)25(2,3)21(20)15-19(16)23-12-11-17-8-5-6-10-22(17)27(23)4/h6-11,14-18H,4-5,12-13H2,1-3H3;4-6,9-12,15-19H,7-8,13-14H2,1-3H3;5-15H,1-4H3/q3*+1. The molecule has 6 heterocycles. The Labute approximate surface area is 541 Å². The smallest absolute Gasteiger partial charge is 0.213 e. The molecule has 2 fully saturated rings. The molecule has 5 aliphatic rings. The van der Waals surface area contributed by atoms with Gasteiger partial charge in [-0.15, -0.1) is 0 Å². The van der Waals surface area contributed by atoms with E-state index in [1.807, 2.05) is 36.8 Å². The van der Waals surface area contributed by atoms with Crippen molar-refractivity contribution in [1.29, 1.82) is 0 Å².